The lowest BCUT2D eigenvalue weighted by Crippen LogP contribution is -2.26. The fraction of sp³-hybridized carbons (Fsp3) is 0.636. The molecule has 0 unspecified atom stereocenters. The van der Waals surface area contributed by atoms with Gasteiger partial charge in [0.15, 0.2) is 0 Å². The van der Waals surface area contributed by atoms with E-state index in [4.69, 9.17) is 5.73 Å². The van der Waals surface area contributed by atoms with E-state index in [1.54, 1.807) is 0 Å². The summed E-state index contributed by atoms with van der Waals surface area (Å²) in [5.74, 6) is 0.732. The Kier molecular flexibility index (Phi) is 4.13. The lowest BCUT2D eigenvalue weighted by atomic mass is 10.1. The summed E-state index contributed by atoms with van der Waals surface area (Å²) in [4.78, 5) is 7.42. The molecule has 2 rings (SSSR count). The summed E-state index contributed by atoms with van der Waals surface area (Å²) >= 11 is 0. The minimum atomic E-state index is -3.50. The molecular weight excluding hydrogens is 252 g/mol. The first kappa shape index (κ1) is 13.2. The molecule has 18 heavy (non-hydrogen) atoms. The zero-order valence-electron chi connectivity index (χ0n) is 10.2. The van der Waals surface area contributed by atoms with Crippen molar-refractivity contribution in [2.45, 2.75) is 37.0 Å². The SMILES string of the molecule is Nc1ncc(S(=O)(=O)NCCC2CCCC2)cn1. The van der Waals surface area contributed by atoms with Gasteiger partial charge in [-0.15, -0.1) is 0 Å². The van der Waals surface area contributed by atoms with Gasteiger partial charge in [0.25, 0.3) is 0 Å². The second kappa shape index (κ2) is 5.62. The Morgan fingerprint density at radius 3 is 2.50 bits per heavy atom. The molecule has 0 amide bonds. The number of anilines is 1. The summed E-state index contributed by atoms with van der Waals surface area (Å²) in [6.07, 6.45) is 8.31. The Hall–Kier alpha value is -1.21. The van der Waals surface area contributed by atoms with E-state index in [-0.39, 0.29) is 10.8 Å². The van der Waals surface area contributed by atoms with Gasteiger partial charge in [-0.1, -0.05) is 25.7 Å². The number of nitrogens with zero attached hydrogens (tertiary/aromatic N) is 2. The maximum absolute atomic E-state index is 11.9. The Bertz CT molecular complexity index is 480. The first-order chi connectivity index (χ1) is 8.58. The predicted octanol–water partition coefficient (Wildman–Crippen LogP) is 0.917. The highest BCUT2D eigenvalue weighted by Gasteiger charge is 2.18. The average Bonchev–Trinajstić information content (AvgIpc) is 2.82. The van der Waals surface area contributed by atoms with Gasteiger partial charge >= 0.3 is 0 Å². The van der Waals surface area contributed by atoms with Crippen LogP contribution in [0.5, 0.6) is 0 Å². The van der Waals surface area contributed by atoms with E-state index < -0.39 is 10.0 Å². The number of nitrogens with one attached hydrogen (secondary N) is 1. The molecule has 1 heterocycles. The summed E-state index contributed by atoms with van der Waals surface area (Å²) in [5.41, 5.74) is 5.32. The third kappa shape index (κ3) is 3.39. The number of nitrogen functional groups attached to an aromatic ring is 1. The molecular formula is C11H18N4O2S. The molecule has 0 atom stereocenters. The fourth-order valence-corrected chi connectivity index (χ4v) is 3.18. The van der Waals surface area contributed by atoms with Crippen LogP contribution in [0.1, 0.15) is 32.1 Å². The molecule has 1 aromatic heterocycles. The molecule has 0 spiro atoms. The molecule has 1 aromatic rings. The van der Waals surface area contributed by atoms with Crippen molar-refractivity contribution in [2.75, 3.05) is 12.3 Å². The number of hydrogen-bond donors (Lipinski definition) is 2. The van der Waals surface area contributed by atoms with Crippen molar-refractivity contribution in [1.29, 1.82) is 0 Å². The Balaban J connectivity index is 1.88. The molecule has 0 saturated heterocycles. The van der Waals surface area contributed by atoms with Crippen LogP contribution in [-0.4, -0.2) is 24.9 Å². The van der Waals surface area contributed by atoms with Crippen molar-refractivity contribution in [3.8, 4) is 0 Å². The number of sulfonamides is 1. The Labute approximate surface area is 107 Å². The van der Waals surface area contributed by atoms with E-state index >= 15 is 0 Å². The van der Waals surface area contributed by atoms with Crippen molar-refractivity contribution >= 4 is 16.0 Å². The van der Waals surface area contributed by atoms with Crippen LogP contribution in [0.4, 0.5) is 5.95 Å². The van der Waals surface area contributed by atoms with Crippen LogP contribution in [0.3, 0.4) is 0 Å². The largest absolute Gasteiger partial charge is 0.368 e. The van der Waals surface area contributed by atoms with E-state index in [2.05, 4.69) is 14.7 Å². The predicted molar refractivity (Wildman–Crippen MR) is 68.2 cm³/mol. The van der Waals surface area contributed by atoms with Crippen LogP contribution >= 0.6 is 0 Å². The highest BCUT2D eigenvalue weighted by atomic mass is 32.2. The first-order valence-electron chi connectivity index (χ1n) is 6.15. The van der Waals surface area contributed by atoms with Crippen LogP contribution < -0.4 is 10.5 Å². The summed E-state index contributed by atoms with van der Waals surface area (Å²) in [6, 6.07) is 0. The molecule has 1 aliphatic rings. The van der Waals surface area contributed by atoms with Crippen LogP contribution in [0, 0.1) is 5.92 Å². The minimum absolute atomic E-state index is 0.0584. The van der Waals surface area contributed by atoms with Gasteiger partial charge in [-0.25, -0.2) is 23.1 Å². The molecule has 3 N–H and O–H groups in total. The van der Waals surface area contributed by atoms with Gasteiger partial charge in [-0.2, -0.15) is 0 Å². The molecule has 1 aliphatic carbocycles. The van der Waals surface area contributed by atoms with Gasteiger partial charge in [0.05, 0.1) is 12.4 Å². The normalized spacial score (nSPS) is 17.1. The van der Waals surface area contributed by atoms with Gasteiger partial charge < -0.3 is 5.73 Å². The zero-order chi connectivity index (χ0) is 13.0. The van der Waals surface area contributed by atoms with E-state index in [1.165, 1.54) is 38.1 Å². The van der Waals surface area contributed by atoms with Gasteiger partial charge in [0.1, 0.15) is 4.90 Å². The van der Waals surface area contributed by atoms with Gasteiger partial charge in [-0.3, -0.25) is 0 Å². The molecule has 1 saturated carbocycles. The molecule has 6 nitrogen and oxygen atoms in total. The first-order valence-corrected chi connectivity index (χ1v) is 7.63. The minimum Gasteiger partial charge on any atom is -0.368 e. The van der Waals surface area contributed by atoms with E-state index in [0.29, 0.717) is 12.5 Å². The summed E-state index contributed by atoms with van der Waals surface area (Å²) < 4.78 is 26.3. The second-order valence-electron chi connectivity index (χ2n) is 4.61. The number of hydrogen-bond acceptors (Lipinski definition) is 5. The maximum Gasteiger partial charge on any atom is 0.243 e. The summed E-state index contributed by atoms with van der Waals surface area (Å²) in [5, 5.41) is 0. The summed E-state index contributed by atoms with van der Waals surface area (Å²) in [6.45, 7) is 0.470. The van der Waals surface area contributed by atoms with Crippen LogP contribution in [0.15, 0.2) is 17.3 Å². The molecule has 7 heteroatoms. The van der Waals surface area contributed by atoms with E-state index in [0.717, 1.165) is 6.42 Å². The number of rotatable bonds is 5. The number of aromatic nitrogens is 2. The lowest BCUT2D eigenvalue weighted by molar-refractivity contribution is 0.495. The summed E-state index contributed by atoms with van der Waals surface area (Å²) in [7, 11) is -3.50. The highest BCUT2D eigenvalue weighted by molar-refractivity contribution is 7.89. The average molecular weight is 270 g/mol. The van der Waals surface area contributed by atoms with Crippen LogP contribution in [0.2, 0.25) is 0 Å². The molecule has 100 valence electrons. The van der Waals surface area contributed by atoms with Gasteiger partial charge in [0, 0.05) is 6.54 Å². The van der Waals surface area contributed by atoms with Crippen molar-refractivity contribution in [3.05, 3.63) is 12.4 Å². The van der Waals surface area contributed by atoms with Gasteiger partial charge in [0.2, 0.25) is 16.0 Å². The third-order valence-electron chi connectivity index (χ3n) is 3.28. The van der Waals surface area contributed by atoms with E-state index in [9.17, 15) is 8.42 Å². The second-order valence-corrected chi connectivity index (χ2v) is 6.38. The smallest absolute Gasteiger partial charge is 0.243 e. The fourth-order valence-electron chi connectivity index (χ4n) is 2.24. The highest BCUT2D eigenvalue weighted by Crippen LogP contribution is 2.27. The quantitative estimate of drug-likeness (QED) is 0.829. The Morgan fingerprint density at radius 2 is 1.89 bits per heavy atom. The van der Waals surface area contributed by atoms with Crippen molar-refractivity contribution < 1.29 is 8.42 Å². The van der Waals surface area contributed by atoms with Gasteiger partial charge in [-0.05, 0) is 12.3 Å². The van der Waals surface area contributed by atoms with Crippen molar-refractivity contribution in [1.82, 2.24) is 14.7 Å². The Morgan fingerprint density at radius 1 is 1.28 bits per heavy atom. The lowest BCUT2D eigenvalue weighted by Gasteiger charge is -2.10. The van der Waals surface area contributed by atoms with E-state index in [1.807, 2.05) is 0 Å². The third-order valence-corrected chi connectivity index (χ3v) is 4.69. The van der Waals surface area contributed by atoms with Crippen LogP contribution in [-0.2, 0) is 10.0 Å². The topological polar surface area (TPSA) is 98.0 Å². The number of nitrogens with two attached hydrogens (primary N) is 1. The van der Waals surface area contributed by atoms with Crippen LogP contribution in [0.25, 0.3) is 0 Å². The molecule has 0 aromatic carbocycles. The molecule has 0 bridgehead atoms. The monoisotopic (exact) mass is 270 g/mol. The molecule has 1 fully saturated rings. The zero-order valence-corrected chi connectivity index (χ0v) is 11.0. The molecule has 0 aliphatic heterocycles. The van der Waals surface area contributed by atoms with Crippen molar-refractivity contribution in [2.24, 2.45) is 5.92 Å². The van der Waals surface area contributed by atoms with Crippen molar-refractivity contribution in [3.63, 3.8) is 0 Å². The molecule has 0 radical (unpaired) electrons. The standard InChI is InChI=1S/C11H18N4O2S/c12-11-13-7-10(8-14-11)18(16,17)15-6-5-9-3-1-2-4-9/h7-9,15H,1-6H2,(H2,12,13,14). The maximum atomic E-state index is 11.9.